The van der Waals surface area contributed by atoms with Crippen LogP contribution in [-0.4, -0.2) is 49.8 Å². The first-order valence-corrected chi connectivity index (χ1v) is 11.2. The summed E-state index contributed by atoms with van der Waals surface area (Å²) in [5.41, 5.74) is 2.21. The van der Waals surface area contributed by atoms with E-state index < -0.39 is 0 Å². The van der Waals surface area contributed by atoms with E-state index in [2.05, 4.69) is 5.32 Å². The van der Waals surface area contributed by atoms with Gasteiger partial charge in [-0.3, -0.25) is 9.59 Å². The van der Waals surface area contributed by atoms with Gasteiger partial charge in [0.15, 0.2) is 11.5 Å². The van der Waals surface area contributed by atoms with Crippen molar-refractivity contribution in [2.75, 3.05) is 31.7 Å². The average molecular weight is 439 g/mol. The molecule has 7 nitrogen and oxygen atoms in total. The van der Waals surface area contributed by atoms with Crippen LogP contribution in [0.1, 0.15) is 53.9 Å². The van der Waals surface area contributed by atoms with Crippen LogP contribution in [0.3, 0.4) is 0 Å². The molecule has 2 aromatic rings. The predicted octanol–water partition coefficient (Wildman–Crippen LogP) is 3.26. The van der Waals surface area contributed by atoms with Gasteiger partial charge < -0.3 is 24.8 Å². The number of rotatable bonds is 8. The molecule has 1 saturated carbocycles. The van der Waals surface area contributed by atoms with E-state index in [0.717, 1.165) is 24.2 Å². The summed E-state index contributed by atoms with van der Waals surface area (Å²) in [7, 11) is 1.64. The van der Waals surface area contributed by atoms with Gasteiger partial charge in [0, 0.05) is 36.7 Å². The Balaban J connectivity index is 1.50. The first-order chi connectivity index (χ1) is 15.6. The monoisotopic (exact) mass is 438 g/mol. The minimum atomic E-state index is -0.270. The normalized spacial score (nSPS) is 18.8. The molecule has 2 aromatic carbocycles. The van der Waals surface area contributed by atoms with Crippen molar-refractivity contribution in [2.45, 2.75) is 44.1 Å². The Bertz CT molecular complexity index is 971. The van der Waals surface area contributed by atoms with Crippen LogP contribution in [0.25, 0.3) is 0 Å². The fourth-order valence-corrected chi connectivity index (χ4v) is 4.49. The van der Waals surface area contributed by atoms with Gasteiger partial charge in [0.1, 0.15) is 0 Å². The lowest BCUT2D eigenvalue weighted by atomic mass is 9.98. The number of nitrogens with one attached hydrogen (secondary N) is 1. The first-order valence-electron chi connectivity index (χ1n) is 11.2. The summed E-state index contributed by atoms with van der Waals surface area (Å²) in [6.07, 6.45) is 5.12. The molecular formula is C25H30N2O5. The number of nitrogens with zero attached hydrogens (tertiary/aromatic N) is 1. The molecule has 2 N–H and O–H groups in total. The quantitative estimate of drug-likeness (QED) is 0.661. The van der Waals surface area contributed by atoms with Gasteiger partial charge in [-0.05, 0) is 61.6 Å². The second kappa shape index (κ2) is 10.0. The van der Waals surface area contributed by atoms with Gasteiger partial charge in [-0.1, -0.05) is 12.1 Å². The Morgan fingerprint density at radius 2 is 1.97 bits per heavy atom. The second-order valence-electron chi connectivity index (χ2n) is 8.37. The van der Waals surface area contributed by atoms with Crippen molar-refractivity contribution in [3.63, 3.8) is 0 Å². The summed E-state index contributed by atoms with van der Waals surface area (Å²) in [6.45, 7) is 0.609. The van der Waals surface area contributed by atoms with Crippen molar-refractivity contribution in [2.24, 2.45) is 0 Å². The van der Waals surface area contributed by atoms with Crippen molar-refractivity contribution in [1.29, 1.82) is 0 Å². The average Bonchev–Trinajstić information content (AvgIpc) is 3.47. The third kappa shape index (κ3) is 4.88. The summed E-state index contributed by atoms with van der Waals surface area (Å²) in [5.74, 6) is 1.24. The Hall–Kier alpha value is -3.06. The van der Waals surface area contributed by atoms with Gasteiger partial charge in [-0.2, -0.15) is 0 Å². The molecule has 2 fully saturated rings. The number of carbonyl (C=O) groups excluding carboxylic acids is 2. The highest BCUT2D eigenvalue weighted by Crippen LogP contribution is 2.38. The van der Waals surface area contributed by atoms with Gasteiger partial charge in [0.2, 0.25) is 5.91 Å². The molecule has 2 aliphatic rings. The number of amides is 2. The van der Waals surface area contributed by atoms with Crippen LogP contribution >= 0.6 is 0 Å². The number of carbonyl (C=O) groups is 2. The Kier molecular flexibility index (Phi) is 6.95. The van der Waals surface area contributed by atoms with Gasteiger partial charge in [-0.15, -0.1) is 0 Å². The second-order valence-corrected chi connectivity index (χ2v) is 8.37. The fraction of sp³-hybridized carbons (Fsp3) is 0.440. The molecule has 0 bridgehead atoms. The minimum Gasteiger partial charge on any atom is -0.493 e. The smallest absolute Gasteiger partial charge is 0.251 e. The van der Waals surface area contributed by atoms with Crippen molar-refractivity contribution in [1.82, 2.24) is 5.32 Å². The van der Waals surface area contributed by atoms with Crippen LogP contribution in [0.5, 0.6) is 11.5 Å². The molecular weight excluding hydrogens is 408 g/mol. The van der Waals surface area contributed by atoms with Gasteiger partial charge in [0.05, 0.1) is 19.8 Å². The Morgan fingerprint density at radius 1 is 1.16 bits per heavy atom. The van der Waals surface area contributed by atoms with E-state index in [1.54, 1.807) is 30.2 Å². The van der Waals surface area contributed by atoms with E-state index >= 15 is 0 Å². The van der Waals surface area contributed by atoms with E-state index in [1.807, 2.05) is 24.3 Å². The molecule has 0 aromatic heterocycles. The molecule has 2 amide bonds. The maximum Gasteiger partial charge on any atom is 0.251 e. The van der Waals surface area contributed by atoms with Crippen LogP contribution < -0.4 is 19.7 Å². The standard InChI is InChI=1S/C25H30N2O5/c1-31-22-10-9-17(14-23(22)32-21-7-2-3-8-21)19-15-24(29)27(16-19)20-6-4-5-18(13-20)25(30)26-11-12-28/h4-6,9-10,13-14,19,21,28H,2-3,7-8,11-12,15-16H2,1H3,(H,26,30)/t19-/m0/s1. The summed E-state index contributed by atoms with van der Waals surface area (Å²) < 4.78 is 11.7. The summed E-state index contributed by atoms with van der Waals surface area (Å²) >= 11 is 0. The van der Waals surface area contributed by atoms with Crippen molar-refractivity contribution < 1.29 is 24.2 Å². The van der Waals surface area contributed by atoms with Crippen molar-refractivity contribution in [3.05, 3.63) is 53.6 Å². The molecule has 0 radical (unpaired) electrons. The number of methoxy groups -OCH3 is 1. The molecule has 1 atom stereocenters. The molecule has 0 unspecified atom stereocenters. The van der Waals surface area contributed by atoms with Crippen LogP contribution in [0.2, 0.25) is 0 Å². The highest BCUT2D eigenvalue weighted by Gasteiger charge is 2.32. The van der Waals surface area contributed by atoms with E-state index in [1.165, 1.54) is 12.8 Å². The zero-order valence-electron chi connectivity index (χ0n) is 18.4. The lowest BCUT2D eigenvalue weighted by Gasteiger charge is -2.20. The van der Waals surface area contributed by atoms with Crippen molar-refractivity contribution in [3.8, 4) is 11.5 Å². The van der Waals surface area contributed by atoms with Crippen molar-refractivity contribution >= 4 is 17.5 Å². The first kappa shape index (κ1) is 22.1. The third-order valence-corrected chi connectivity index (χ3v) is 6.20. The van der Waals surface area contributed by atoms with E-state index in [4.69, 9.17) is 14.6 Å². The Labute approximate surface area is 188 Å². The lowest BCUT2D eigenvalue weighted by Crippen LogP contribution is -2.27. The number of benzene rings is 2. The zero-order chi connectivity index (χ0) is 22.5. The van der Waals surface area contributed by atoms with E-state index in [9.17, 15) is 9.59 Å². The van der Waals surface area contributed by atoms with Crippen LogP contribution in [0.4, 0.5) is 5.69 Å². The summed E-state index contributed by atoms with van der Waals surface area (Å²) in [4.78, 5) is 26.8. The maximum atomic E-state index is 12.8. The summed E-state index contributed by atoms with van der Waals surface area (Å²) in [5, 5.41) is 11.5. The summed E-state index contributed by atoms with van der Waals surface area (Å²) in [6, 6.07) is 13.0. The topological polar surface area (TPSA) is 88.1 Å². The molecule has 1 saturated heterocycles. The highest BCUT2D eigenvalue weighted by atomic mass is 16.5. The van der Waals surface area contributed by atoms with Gasteiger partial charge in [0.25, 0.3) is 5.91 Å². The molecule has 4 rings (SSSR count). The number of hydrogen-bond acceptors (Lipinski definition) is 5. The van der Waals surface area contributed by atoms with Crippen LogP contribution in [-0.2, 0) is 4.79 Å². The van der Waals surface area contributed by atoms with Crippen LogP contribution in [0, 0.1) is 0 Å². The molecule has 1 aliphatic carbocycles. The zero-order valence-corrected chi connectivity index (χ0v) is 18.4. The third-order valence-electron chi connectivity index (χ3n) is 6.20. The number of hydrogen-bond donors (Lipinski definition) is 2. The highest BCUT2D eigenvalue weighted by molar-refractivity contribution is 5.99. The number of ether oxygens (including phenoxy) is 2. The largest absolute Gasteiger partial charge is 0.493 e. The molecule has 7 heteroatoms. The van der Waals surface area contributed by atoms with E-state index in [-0.39, 0.29) is 37.0 Å². The number of anilines is 1. The molecule has 170 valence electrons. The number of aliphatic hydroxyl groups is 1. The minimum absolute atomic E-state index is 0.0250. The number of aliphatic hydroxyl groups excluding tert-OH is 1. The lowest BCUT2D eigenvalue weighted by molar-refractivity contribution is -0.117. The van der Waals surface area contributed by atoms with Gasteiger partial charge in [-0.25, -0.2) is 0 Å². The SMILES string of the molecule is COc1ccc([C@H]2CC(=O)N(c3cccc(C(=O)NCCO)c3)C2)cc1OC1CCCC1. The Morgan fingerprint density at radius 3 is 2.72 bits per heavy atom. The fourth-order valence-electron chi connectivity index (χ4n) is 4.49. The van der Waals surface area contributed by atoms with E-state index in [0.29, 0.717) is 30.0 Å². The van der Waals surface area contributed by atoms with Crippen LogP contribution in [0.15, 0.2) is 42.5 Å². The molecule has 0 spiro atoms. The predicted molar refractivity (Wildman–Crippen MR) is 121 cm³/mol. The maximum absolute atomic E-state index is 12.8. The molecule has 32 heavy (non-hydrogen) atoms. The van der Waals surface area contributed by atoms with Gasteiger partial charge >= 0.3 is 0 Å². The molecule has 1 heterocycles. The molecule has 1 aliphatic heterocycles.